The Balaban J connectivity index is 2.39. The van der Waals surface area contributed by atoms with Crippen LogP contribution in [0.4, 0.5) is 0 Å². The predicted octanol–water partition coefficient (Wildman–Crippen LogP) is 2.33. The molecule has 17 heavy (non-hydrogen) atoms. The molecular weight excluding hydrogens is 216 g/mol. The minimum absolute atomic E-state index is 0.520. The highest BCUT2D eigenvalue weighted by molar-refractivity contribution is 5.75. The Kier molecular flexibility index (Phi) is 3.14. The van der Waals surface area contributed by atoms with Crippen LogP contribution in [0.25, 0.3) is 11.4 Å². The summed E-state index contributed by atoms with van der Waals surface area (Å²) < 4.78 is 0. The van der Waals surface area contributed by atoms with Gasteiger partial charge in [0.2, 0.25) is 0 Å². The van der Waals surface area contributed by atoms with E-state index in [2.05, 4.69) is 9.97 Å². The third-order valence-electron chi connectivity index (χ3n) is 2.52. The first-order valence-corrected chi connectivity index (χ1v) is 5.29. The lowest BCUT2D eigenvalue weighted by Crippen LogP contribution is -2.09. The van der Waals surface area contributed by atoms with Crippen LogP contribution in [-0.2, 0) is 4.79 Å². The number of benzene rings is 1. The zero-order valence-corrected chi connectivity index (χ0v) is 9.37. The molecule has 0 aliphatic rings. The van der Waals surface area contributed by atoms with Crippen molar-refractivity contribution in [3.05, 3.63) is 48.3 Å². The largest absolute Gasteiger partial charge is 0.481 e. The van der Waals surface area contributed by atoms with Gasteiger partial charge < -0.3 is 5.11 Å². The van der Waals surface area contributed by atoms with Gasteiger partial charge >= 0.3 is 5.97 Å². The summed E-state index contributed by atoms with van der Waals surface area (Å²) in [6.07, 6.45) is 1.59. The minimum Gasteiger partial charge on any atom is -0.481 e. The molecule has 2 rings (SSSR count). The second-order valence-electron chi connectivity index (χ2n) is 3.73. The van der Waals surface area contributed by atoms with E-state index in [0.29, 0.717) is 11.5 Å². The lowest BCUT2D eigenvalue weighted by molar-refractivity contribution is -0.138. The molecule has 0 saturated carbocycles. The van der Waals surface area contributed by atoms with Crippen molar-refractivity contribution >= 4 is 5.97 Å². The molecule has 0 aliphatic carbocycles. The van der Waals surface area contributed by atoms with Crippen LogP contribution in [-0.4, -0.2) is 21.0 Å². The standard InChI is InChI=1S/C13H12N2O2/c1-9(13(16)17)11-7-8-14-12(15-11)10-5-3-2-4-6-10/h2-9H,1H3,(H,16,17). The second kappa shape index (κ2) is 4.74. The topological polar surface area (TPSA) is 63.1 Å². The Morgan fingerprint density at radius 3 is 2.59 bits per heavy atom. The molecule has 0 bridgehead atoms. The van der Waals surface area contributed by atoms with Gasteiger partial charge in [-0.25, -0.2) is 9.97 Å². The molecule has 1 aromatic carbocycles. The number of hydrogen-bond acceptors (Lipinski definition) is 3. The number of aliphatic carboxylic acids is 1. The summed E-state index contributed by atoms with van der Waals surface area (Å²) in [6.45, 7) is 1.61. The molecule has 0 saturated heterocycles. The molecule has 0 spiro atoms. The van der Waals surface area contributed by atoms with E-state index in [4.69, 9.17) is 5.11 Å². The summed E-state index contributed by atoms with van der Waals surface area (Å²) >= 11 is 0. The minimum atomic E-state index is -0.886. The van der Waals surface area contributed by atoms with Crippen LogP contribution >= 0.6 is 0 Å². The third-order valence-corrected chi connectivity index (χ3v) is 2.52. The Labute approximate surface area is 99.0 Å². The first-order valence-electron chi connectivity index (χ1n) is 5.29. The maximum Gasteiger partial charge on any atom is 0.312 e. The average Bonchev–Trinajstić information content (AvgIpc) is 2.39. The van der Waals surface area contributed by atoms with E-state index < -0.39 is 11.9 Å². The van der Waals surface area contributed by atoms with Gasteiger partial charge in [-0.05, 0) is 13.0 Å². The number of nitrogens with zero attached hydrogens (tertiary/aromatic N) is 2. The highest BCUT2D eigenvalue weighted by Crippen LogP contribution is 2.17. The Hall–Kier alpha value is -2.23. The van der Waals surface area contributed by atoms with Crippen LogP contribution < -0.4 is 0 Å². The van der Waals surface area contributed by atoms with E-state index in [0.717, 1.165) is 5.56 Å². The van der Waals surface area contributed by atoms with Crippen LogP contribution in [0.3, 0.4) is 0 Å². The molecule has 1 N–H and O–H groups in total. The van der Waals surface area contributed by atoms with Crippen molar-refractivity contribution in [1.82, 2.24) is 9.97 Å². The van der Waals surface area contributed by atoms with Crippen molar-refractivity contribution in [2.45, 2.75) is 12.8 Å². The van der Waals surface area contributed by atoms with Crippen molar-refractivity contribution in [2.24, 2.45) is 0 Å². The molecule has 1 unspecified atom stereocenters. The lowest BCUT2D eigenvalue weighted by atomic mass is 10.1. The highest BCUT2D eigenvalue weighted by atomic mass is 16.4. The van der Waals surface area contributed by atoms with Crippen molar-refractivity contribution in [2.75, 3.05) is 0 Å². The van der Waals surface area contributed by atoms with E-state index in [9.17, 15) is 4.79 Å². The van der Waals surface area contributed by atoms with Gasteiger partial charge in [0.25, 0.3) is 0 Å². The Bertz CT molecular complexity index is 526. The lowest BCUT2D eigenvalue weighted by Gasteiger charge is -2.07. The number of hydrogen-bond donors (Lipinski definition) is 1. The maximum atomic E-state index is 10.9. The van der Waals surface area contributed by atoms with E-state index in [1.54, 1.807) is 19.2 Å². The Morgan fingerprint density at radius 1 is 1.24 bits per heavy atom. The van der Waals surface area contributed by atoms with E-state index >= 15 is 0 Å². The molecule has 1 heterocycles. The third kappa shape index (κ3) is 2.47. The van der Waals surface area contributed by atoms with Gasteiger partial charge in [0.1, 0.15) is 0 Å². The van der Waals surface area contributed by atoms with E-state index in [1.807, 2.05) is 30.3 Å². The van der Waals surface area contributed by atoms with Gasteiger partial charge in [-0.15, -0.1) is 0 Å². The molecule has 86 valence electrons. The SMILES string of the molecule is CC(C(=O)O)c1ccnc(-c2ccccc2)n1. The normalized spacial score (nSPS) is 12.1. The van der Waals surface area contributed by atoms with Crippen LogP contribution in [0.15, 0.2) is 42.6 Å². The number of aromatic nitrogens is 2. The number of carbonyl (C=O) groups is 1. The zero-order chi connectivity index (χ0) is 12.3. The van der Waals surface area contributed by atoms with Gasteiger partial charge in [0.15, 0.2) is 5.82 Å². The summed E-state index contributed by atoms with van der Waals surface area (Å²) in [6, 6.07) is 11.1. The fraction of sp³-hybridized carbons (Fsp3) is 0.154. The van der Waals surface area contributed by atoms with Crippen LogP contribution in [0.2, 0.25) is 0 Å². The monoisotopic (exact) mass is 228 g/mol. The molecule has 4 nitrogen and oxygen atoms in total. The quantitative estimate of drug-likeness (QED) is 0.875. The van der Waals surface area contributed by atoms with E-state index in [1.165, 1.54) is 0 Å². The molecular formula is C13H12N2O2. The maximum absolute atomic E-state index is 10.9. The van der Waals surface area contributed by atoms with Gasteiger partial charge in [-0.2, -0.15) is 0 Å². The second-order valence-corrected chi connectivity index (χ2v) is 3.73. The first kappa shape index (κ1) is 11.3. The van der Waals surface area contributed by atoms with E-state index in [-0.39, 0.29) is 0 Å². The summed E-state index contributed by atoms with van der Waals surface area (Å²) in [4.78, 5) is 19.3. The molecule has 0 amide bonds. The molecule has 1 aromatic heterocycles. The molecule has 0 fully saturated rings. The average molecular weight is 228 g/mol. The van der Waals surface area contributed by atoms with Crippen LogP contribution in [0.5, 0.6) is 0 Å². The van der Waals surface area contributed by atoms with Gasteiger partial charge in [0, 0.05) is 11.8 Å². The number of rotatable bonds is 3. The fourth-order valence-electron chi connectivity index (χ4n) is 1.47. The molecule has 0 aliphatic heterocycles. The highest BCUT2D eigenvalue weighted by Gasteiger charge is 2.15. The summed E-state index contributed by atoms with van der Waals surface area (Å²) in [5.74, 6) is -0.959. The summed E-state index contributed by atoms with van der Waals surface area (Å²) in [5.41, 5.74) is 1.40. The van der Waals surface area contributed by atoms with Crippen LogP contribution in [0.1, 0.15) is 18.5 Å². The molecule has 4 heteroatoms. The van der Waals surface area contributed by atoms with Crippen molar-refractivity contribution in [3.63, 3.8) is 0 Å². The van der Waals surface area contributed by atoms with Crippen LogP contribution in [0, 0.1) is 0 Å². The molecule has 1 atom stereocenters. The van der Waals surface area contributed by atoms with Gasteiger partial charge in [0.05, 0.1) is 11.6 Å². The first-order chi connectivity index (χ1) is 8.18. The van der Waals surface area contributed by atoms with Gasteiger partial charge in [-0.1, -0.05) is 30.3 Å². The number of carboxylic acid groups (broad SMARTS) is 1. The fourth-order valence-corrected chi connectivity index (χ4v) is 1.47. The predicted molar refractivity (Wildman–Crippen MR) is 63.5 cm³/mol. The van der Waals surface area contributed by atoms with Crippen molar-refractivity contribution in [1.29, 1.82) is 0 Å². The van der Waals surface area contributed by atoms with Gasteiger partial charge in [-0.3, -0.25) is 4.79 Å². The summed E-state index contributed by atoms with van der Waals surface area (Å²) in [5, 5.41) is 8.94. The Morgan fingerprint density at radius 2 is 1.94 bits per heavy atom. The smallest absolute Gasteiger partial charge is 0.312 e. The molecule has 0 radical (unpaired) electrons. The zero-order valence-electron chi connectivity index (χ0n) is 9.37. The molecule has 2 aromatic rings. The summed E-state index contributed by atoms with van der Waals surface area (Å²) in [7, 11) is 0. The van der Waals surface area contributed by atoms with Crippen molar-refractivity contribution in [3.8, 4) is 11.4 Å². The van der Waals surface area contributed by atoms with Crippen molar-refractivity contribution < 1.29 is 9.90 Å². The number of carboxylic acids is 1.